The maximum Gasteiger partial charge on any atom is 0.227 e. The lowest BCUT2D eigenvalue weighted by molar-refractivity contribution is -0.122. The first-order valence-electron chi connectivity index (χ1n) is 7.38. The van der Waals surface area contributed by atoms with Gasteiger partial charge in [0.1, 0.15) is 5.82 Å². The molecule has 0 aromatic heterocycles. The third-order valence-corrected chi connectivity index (χ3v) is 4.23. The van der Waals surface area contributed by atoms with Crippen LogP contribution in [0.5, 0.6) is 0 Å². The molecular weight excluding hydrogens is 345 g/mol. The molecule has 0 spiro atoms. The molecule has 0 aliphatic carbocycles. The number of hydrogen-bond acceptors (Lipinski definition) is 1. The Labute approximate surface area is 138 Å². The van der Waals surface area contributed by atoms with Gasteiger partial charge in [-0.1, -0.05) is 43.3 Å². The first-order chi connectivity index (χ1) is 10.6. The molecule has 116 valence electrons. The molecule has 2 nitrogen and oxygen atoms in total. The Balaban J connectivity index is 1.90. The molecule has 1 amide bonds. The quantitative estimate of drug-likeness (QED) is 0.807. The SMILES string of the molecule is CCC(C(=O)NCCc1ccc(F)c(Br)c1)c1ccccc1. The van der Waals surface area contributed by atoms with Crippen molar-refractivity contribution in [2.45, 2.75) is 25.7 Å². The molecule has 1 N–H and O–H groups in total. The monoisotopic (exact) mass is 363 g/mol. The van der Waals surface area contributed by atoms with Crippen LogP contribution in [0.15, 0.2) is 53.0 Å². The summed E-state index contributed by atoms with van der Waals surface area (Å²) in [4.78, 5) is 12.3. The van der Waals surface area contributed by atoms with Crippen LogP contribution in [-0.4, -0.2) is 12.5 Å². The Morgan fingerprint density at radius 3 is 2.59 bits per heavy atom. The fraction of sp³-hybridized carbons (Fsp3) is 0.278. The molecule has 0 bridgehead atoms. The van der Waals surface area contributed by atoms with E-state index in [9.17, 15) is 9.18 Å². The van der Waals surface area contributed by atoms with Gasteiger partial charge in [0.05, 0.1) is 10.4 Å². The van der Waals surface area contributed by atoms with E-state index in [2.05, 4.69) is 21.2 Å². The summed E-state index contributed by atoms with van der Waals surface area (Å²) >= 11 is 3.17. The summed E-state index contributed by atoms with van der Waals surface area (Å²) in [6.45, 7) is 2.55. The first-order valence-corrected chi connectivity index (χ1v) is 8.17. The van der Waals surface area contributed by atoms with Crippen molar-refractivity contribution >= 4 is 21.8 Å². The molecule has 0 heterocycles. The summed E-state index contributed by atoms with van der Waals surface area (Å²) in [6.07, 6.45) is 1.44. The van der Waals surface area contributed by atoms with Crippen molar-refractivity contribution in [2.75, 3.05) is 6.54 Å². The molecule has 1 atom stereocenters. The number of amides is 1. The van der Waals surface area contributed by atoms with E-state index < -0.39 is 0 Å². The van der Waals surface area contributed by atoms with E-state index in [-0.39, 0.29) is 17.6 Å². The second-order valence-electron chi connectivity index (χ2n) is 5.16. The first kappa shape index (κ1) is 16.7. The zero-order chi connectivity index (χ0) is 15.9. The largest absolute Gasteiger partial charge is 0.355 e. The van der Waals surface area contributed by atoms with Gasteiger partial charge in [0.15, 0.2) is 0 Å². The maximum absolute atomic E-state index is 13.2. The van der Waals surface area contributed by atoms with Gasteiger partial charge in [-0.2, -0.15) is 0 Å². The van der Waals surface area contributed by atoms with Gasteiger partial charge >= 0.3 is 0 Å². The standard InChI is InChI=1S/C18H19BrFNO/c1-2-15(14-6-4-3-5-7-14)18(22)21-11-10-13-8-9-17(20)16(19)12-13/h3-9,12,15H,2,10-11H2,1H3,(H,21,22). The molecule has 2 rings (SSSR count). The van der Waals surface area contributed by atoms with E-state index in [1.165, 1.54) is 6.07 Å². The number of carbonyl (C=O) groups is 1. The van der Waals surface area contributed by atoms with Crippen molar-refractivity contribution in [2.24, 2.45) is 0 Å². The van der Waals surface area contributed by atoms with Crippen LogP contribution in [0, 0.1) is 5.82 Å². The number of rotatable bonds is 6. The van der Waals surface area contributed by atoms with Crippen LogP contribution in [0.25, 0.3) is 0 Å². The lowest BCUT2D eigenvalue weighted by Crippen LogP contribution is -2.30. The second-order valence-corrected chi connectivity index (χ2v) is 6.02. The molecule has 2 aromatic carbocycles. The van der Waals surface area contributed by atoms with E-state index >= 15 is 0 Å². The Bertz CT molecular complexity index is 630. The topological polar surface area (TPSA) is 29.1 Å². The van der Waals surface area contributed by atoms with Crippen molar-refractivity contribution in [3.63, 3.8) is 0 Å². The fourth-order valence-electron chi connectivity index (χ4n) is 2.41. The molecule has 0 radical (unpaired) electrons. The van der Waals surface area contributed by atoms with Crippen LogP contribution in [0.1, 0.15) is 30.4 Å². The predicted octanol–water partition coefficient (Wildman–Crippen LogP) is 4.44. The lowest BCUT2D eigenvalue weighted by atomic mass is 9.95. The van der Waals surface area contributed by atoms with Gasteiger partial charge in [-0.15, -0.1) is 0 Å². The summed E-state index contributed by atoms with van der Waals surface area (Å²) in [5.41, 5.74) is 2.02. The summed E-state index contributed by atoms with van der Waals surface area (Å²) in [6, 6.07) is 14.7. The van der Waals surface area contributed by atoms with E-state index in [4.69, 9.17) is 0 Å². The van der Waals surface area contributed by atoms with E-state index in [1.54, 1.807) is 12.1 Å². The van der Waals surface area contributed by atoms with Crippen molar-refractivity contribution in [3.8, 4) is 0 Å². The Morgan fingerprint density at radius 1 is 1.23 bits per heavy atom. The summed E-state index contributed by atoms with van der Waals surface area (Å²) in [5.74, 6) is -0.362. The zero-order valence-corrected chi connectivity index (χ0v) is 14.1. The molecule has 0 aliphatic heterocycles. The highest BCUT2D eigenvalue weighted by Gasteiger charge is 2.17. The molecule has 1 unspecified atom stereocenters. The van der Waals surface area contributed by atoms with Gasteiger partial charge in [-0.25, -0.2) is 4.39 Å². The molecule has 0 saturated heterocycles. The minimum atomic E-state index is -0.275. The summed E-state index contributed by atoms with van der Waals surface area (Å²) in [7, 11) is 0. The highest BCUT2D eigenvalue weighted by atomic mass is 79.9. The molecule has 22 heavy (non-hydrogen) atoms. The highest BCUT2D eigenvalue weighted by molar-refractivity contribution is 9.10. The molecular formula is C18H19BrFNO. The fourth-order valence-corrected chi connectivity index (χ4v) is 2.83. The van der Waals surface area contributed by atoms with Crippen LogP contribution < -0.4 is 5.32 Å². The second kappa shape index (κ2) is 8.08. The number of hydrogen-bond donors (Lipinski definition) is 1. The van der Waals surface area contributed by atoms with Gasteiger partial charge in [0, 0.05) is 6.54 Å². The minimum absolute atomic E-state index is 0.0369. The van der Waals surface area contributed by atoms with Crippen molar-refractivity contribution in [1.29, 1.82) is 0 Å². The van der Waals surface area contributed by atoms with Gasteiger partial charge in [-0.3, -0.25) is 4.79 Å². The van der Waals surface area contributed by atoms with Crippen LogP contribution in [-0.2, 0) is 11.2 Å². The number of carbonyl (C=O) groups excluding carboxylic acids is 1. The average molecular weight is 364 g/mol. The minimum Gasteiger partial charge on any atom is -0.355 e. The van der Waals surface area contributed by atoms with Crippen molar-refractivity contribution < 1.29 is 9.18 Å². The Morgan fingerprint density at radius 2 is 1.95 bits per heavy atom. The van der Waals surface area contributed by atoms with E-state index in [1.807, 2.05) is 37.3 Å². The van der Waals surface area contributed by atoms with E-state index in [0.717, 1.165) is 17.5 Å². The van der Waals surface area contributed by atoms with E-state index in [0.29, 0.717) is 17.4 Å². The maximum atomic E-state index is 13.2. The number of benzene rings is 2. The summed E-state index contributed by atoms with van der Waals surface area (Å²) < 4.78 is 13.6. The van der Waals surface area contributed by atoms with Crippen LogP contribution >= 0.6 is 15.9 Å². The van der Waals surface area contributed by atoms with Crippen molar-refractivity contribution in [1.82, 2.24) is 5.32 Å². The highest BCUT2D eigenvalue weighted by Crippen LogP contribution is 2.19. The smallest absolute Gasteiger partial charge is 0.227 e. The van der Waals surface area contributed by atoms with Crippen molar-refractivity contribution in [3.05, 3.63) is 69.9 Å². The van der Waals surface area contributed by atoms with Crippen LogP contribution in [0.2, 0.25) is 0 Å². The lowest BCUT2D eigenvalue weighted by Gasteiger charge is -2.15. The summed E-state index contributed by atoms with van der Waals surface area (Å²) in [5, 5.41) is 2.97. The average Bonchev–Trinajstić information content (AvgIpc) is 2.52. The third-order valence-electron chi connectivity index (χ3n) is 3.62. The molecule has 0 aliphatic rings. The normalized spacial score (nSPS) is 12.0. The molecule has 4 heteroatoms. The number of nitrogens with one attached hydrogen (secondary N) is 1. The van der Waals surface area contributed by atoms with Gasteiger partial charge in [0.25, 0.3) is 0 Å². The van der Waals surface area contributed by atoms with Crippen LogP contribution in [0.3, 0.4) is 0 Å². The zero-order valence-electron chi connectivity index (χ0n) is 12.5. The molecule has 0 saturated carbocycles. The molecule has 0 fully saturated rings. The number of halogens is 2. The van der Waals surface area contributed by atoms with Gasteiger partial charge < -0.3 is 5.32 Å². The van der Waals surface area contributed by atoms with Gasteiger partial charge in [-0.05, 0) is 52.0 Å². The third kappa shape index (κ3) is 4.41. The molecule has 2 aromatic rings. The predicted molar refractivity (Wildman–Crippen MR) is 90.3 cm³/mol. The Hall–Kier alpha value is -1.68. The van der Waals surface area contributed by atoms with Crippen LogP contribution in [0.4, 0.5) is 4.39 Å². The van der Waals surface area contributed by atoms with Gasteiger partial charge in [0.2, 0.25) is 5.91 Å². The Kier molecular flexibility index (Phi) is 6.13.